The number of benzene rings is 2. The molecular weight excluding hydrogens is 362 g/mol. The average molecular weight is 378 g/mol. The summed E-state index contributed by atoms with van der Waals surface area (Å²) in [6, 6.07) is 15.1. The minimum Gasteiger partial charge on any atom is -0.481 e. The lowest BCUT2D eigenvalue weighted by molar-refractivity contribution is 0.370. The van der Waals surface area contributed by atoms with Gasteiger partial charge in [-0.25, -0.2) is 9.67 Å². The van der Waals surface area contributed by atoms with E-state index < -0.39 is 0 Å². The summed E-state index contributed by atoms with van der Waals surface area (Å²) in [6.45, 7) is 2.13. The maximum absolute atomic E-state index is 6.15. The predicted molar refractivity (Wildman–Crippen MR) is 104 cm³/mol. The van der Waals surface area contributed by atoms with Gasteiger partial charge in [0.15, 0.2) is 0 Å². The highest BCUT2D eigenvalue weighted by molar-refractivity contribution is 6.30. The largest absolute Gasteiger partial charge is 0.481 e. The molecule has 4 aromatic rings. The number of fused-ring (bicyclic) bond motifs is 1. The fourth-order valence-corrected chi connectivity index (χ4v) is 3.02. The Kier molecular flexibility index (Phi) is 4.82. The molecule has 1 unspecified atom stereocenters. The summed E-state index contributed by atoms with van der Waals surface area (Å²) < 4.78 is 13.5. The van der Waals surface area contributed by atoms with Crippen molar-refractivity contribution in [3.05, 3.63) is 77.5 Å². The first-order valence-corrected chi connectivity index (χ1v) is 8.78. The van der Waals surface area contributed by atoms with Crippen LogP contribution in [0.1, 0.15) is 24.3 Å². The normalized spacial score (nSPS) is 11.8. The molecule has 27 heavy (non-hydrogen) atoms. The minimum absolute atomic E-state index is 0.243. The molecule has 0 bridgehead atoms. The zero-order chi connectivity index (χ0) is 18.6. The molecule has 2 aromatic heterocycles. The second-order valence-corrected chi connectivity index (χ2v) is 6.33. The molecule has 0 fully saturated rings. The van der Waals surface area contributed by atoms with Gasteiger partial charge in [-0.2, -0.15) is 5.10 Å². The molecular formula is C21H16ClN3O2. The van der Waals surface area contributed by atoms with Crippen LogP contribution in [0, 0.1) is 11.8 Å². The third-order valence-electron chi connectivity index (χ3n) is 4.15. The van der Waals surface area contributed by atoms with Gasteiger partial charge in [0, 0.05) is 16.5 Å². The van der Waals surface area contributed by atoms with Gasteiger partial charge in [0.25, 0.3) is 0 Å². The number of nitrogens with zero attached hydrogens (tertiary/aromatic N) is 3. The Labute approximate surface area is 161 Å². The maximum atomic E-state index is 6.15. The van der Waals surface area contributed by atoms with Crippen LogP contribution in [0.2, 0.25) is 5.02 Å². The fraction of sp³-hybridized carbons (Fsp3) is 0.143. The van der Waals surface area contributed by atoms with Crippen LogP contribution in [0.3, 0.4) is 0 Å². The molecule has 1 atom stereocenters. The van der Waals surface area contributed by atoms with Crippen molar-refractivity contribution in [1.82, 2.24) is 14.8 Å². The number of hydrogen-bond acceptors (Lipinski definition) is 4. The van der Waals surface area contributed by atoms with E-state index in [-0.39, 0.29) is 6.04 Å². The van der Waals surface area contributed by atoms with Crippen LogP contribution in [-0.4, -0.2) is 21.4 Å². The van der Waals surface area contributed by atoms with Gasteiger partial charge in [-0.05, 0) is 42.8 Å². The van der Waals surface area contributed by atoms with Gasteiger partial charge in [0.1, 0.15) is 42.4 Å². The molecule has 0 spiro atoms. The molecule has 0 saturated heterocycles. The van der Waals surface area contributed by atoms with Crippen molar-refractivity contribution in [3.8, 4) is 17.6 Å². The Morgan fingerprint density at radius 1 is 1.19 bits per heavy atom. The Hall–Kier alpha value is -3.23. The standard InChI is InChI=1S/C21H16ClN3O2/c1-2-3-10-26-18-9-6-16-11-20(27-19(16)12-18)21(25-14-23-13-24-25)15-4-7-17(22)8-5-15/h4-9,11-14,21H,10H2,1H3. The number of aromatic nitrogens is 3. The number of halogens is 1. The number of hydrogen-bond donors (Lipinski definition) is 0. The van der Waals surface area contributed by atoms with Gasteiger partial charge < -0.3 is 9.15 Å². The molecule has 6 heteroatoms. The zero-order valence-electron chi connectivity index (χ0n) is 14.6. The number of rotatable bonds is 5. The van der Waals surface area contributed by atoms with Crippen molar-refractivity contribution in [3.63, 3.8) is 0 Å². The lowest BCUT2D eigenvalue weighted by Gasteiger charge is -2.15. The molecule has 0 amide bonds. The molecule has 5 nitrogen and oxygen atoms in total. The van der Waals surface area contributed by atoms with E-state index in [1.165, 1.54) is 6.33 Å². The van der Waals surface area contributed by atoms with E-state index in [2.05, 4.69) is 21.9 Å². The second-order valence-electron chi connectivity index (χ2n) is 5.89. The summed E-state index contributed by atoms with van der Waals surface area (Å²) in [6.07, 6.45) is 3.18. The van der Waals surface area contributed by atoms with Crippen molar-refractivity contribution >= 4 is 22.6 Å². The van der Waals surface area contributed by atoms with Crippen molar-refractivity contribution in [1.29, 1.82) is 0 Å². The van der Waals surface area contributed by atoms with Gasteiger partial charge in [-0.3, -0.25) is 0 Å². The average Bonchev–Trinajstić information content (AvgIpc) is 3.33. The highest BCUT2D eigenvalue weighted by Gasteiger charge is 2.21. The van der Waals surface area contributed by atoms with E-state index in [0.717, 1.165) is 28.0 Å². The summed E-state index contributed by atoms with van der Waals surface area (Å²) in [7, 11) is 0. The quantitative estimate of drug-likeness (QED) is 0.472. The SMILES string of the molecule is CC#CCOc1ccc2cc(C(c3ccc(Cl)cc3)n3cncn3)oc2c1. The lowest BCUT2D eigenvalue weighted by atomic mass is 10.0. The summed E-state index contributed by atoms with van der Waals surface area (Å²) in [5.74, 6) is 7.16. The van der Waals surface area contributed by atoms with Crippen LogP contribution in [-0.2, 0) is 0 Å². The molecule has 0 aliphatic carbocycles. The topological polar surface area (TPSA) is 53.1 Å². The number of ether oxygens (including phenoxy) is 1. The molecule has 0 saturated carbocycles. The monoisotopic (exact) mass is 377 g/mol. The first-order valence-electron chi connectivity index (χ1n) is 8.40. The summed E-state index contributed by atoms with van der Waals surface area (Å²) in [5, 5.41) is 5.96. The van der Waals surface area contributed by atoms with Crippen LogP contribution < -0.4 is 4.74 Å². The van der Waals surface area contributed by atoms with Gasteiger partial charge in [0.05, 0.1) is 0 Å². The van der Waals surface area contributed by atoms with Gasteiger partial charge >= 0.3 is 0 Å². The van der Waals surface area contributed by atoms with Crippen molar-refractivity contribution < 1.29 is 9.15 Å². The predicted octanol–water partition coefficient (Wildman–Crippen LogP) is 4.72. The summed E-state index contributed by atoms with van der Waals surface area (Å²) >= 11 is 6.04. The molecule has 2 heterocycles. The van der Waals surface area contributed by atoms with E-state index in [1.54, 1.807) is 17.9 Å². The minimum atomic E-state index is -0.243. The molecule has 0 N–H and O–H groups in total. The molecule has 2 aromatic carbocycles. The Morgan fingerprint density at radius 3 is 2.78 bits per heavy atom. The van der Waals surface area contributed by atoms with Crippen molar-refractivity contribution in [2.45, 2.75) is 13.0 Å². The van der Waals surface area contributed by atoms with E-state index in [0.29, 0.717) is 11.6 Å². The smallest absolute Gasteiger partial charge is 0.149 e. The fourth-order valence-electron chi connectivity index (χ4n) is 2.89. The van der Waals surface area contributed by atoms with Crippen LogP contribution in [0.15, 0.2) is 65.6 Å². The highest BCUT2D eigenvalue weighted by Crippen LogP contribution is 2.32. The van der Waals surface area contributed by atoms with Crippen molar-refractivity contribution in [2.24, 2.45) is 0 Å². The van der Waals surface area contributed by atoms with E-state index in [1.807, 2.05) is 48.5 Å². The van der Waals surface area contributed by atoms with Crippen LogP contribution in [0.25, 0.3) is 11.0 Å². The second kappa shape index (κ2) is 7.56. The third kappa shape index (κ3) is 3.67. The molecule has 0 aliphatic heterocycles. The summed E-state index contributed by atoms with van der Waals surface area (Å²) in [5.41, 5.74) is 1.74. The highest BCUT2D eigenvalue weighted by atomic mass is 35.5. The Balaban J connectivity index is 1.74. The lowest BCUT2D eigenvalue weighted by Crippen LogP contribution is -2.12. The molecule has 0 radical (unpaired) electrons. The van der Waals surface area contributed by atoms with Gasteiger partial charge in [-0.1, -0.05) is 29.7 Å². The van der Waals surface area contributed by atoms with Gasteiger partial charge in [-0.15, -0.1) is 5.92 Å². The zero-order valence-corrected chi connectivity index (χ0v) is 15.3. The van der Waals surface area contributed by atoms with E-state index >= 15 is 0 Å². The number of furan rings is 1. The van der Waals surface area contributed by atoms with E-state index in [4.69, 9.17) is 20.8 Å². The van der Waals surface area contributed by atoms with Crippen molar-refractivity contribution in [2.75, 3.05) is 6.61 Å². The first kappa shape index (κ1) is 17.2. The van der Waals surface area contributed by atoms with E-state index in [9.17, 15) is 0 Å². The van der Waals surface area contributed by atoms with Gasteiger partial charge in [0.2, 0.25) is 0 Å². The van der Waals surface area contributed by atoms with Crippen LogP contribution in [0.4, 0.5) is 0 Å². The maximum Gasteiger partial charge on any atom is 0.149 e. The molecule has 134 valence electrons. The Bertz CT molecular complexity index is 1110. The third-order valence-corrected chi connectivity index (χ3v) is 4.41. The van der Waals surface area contributed by atoms with Crippen LogP contribution >= 0.6 is 11.6 Å². The van der Waals surface area contributed by atoms with Crippen LogP contribution in [0.5, 0.6) is 5.75 Å². The molecule has 0 aliphatic rings. The summed E-state index contributed by atoms with van der Waals surface area (Å²) in [4.78, 5) is 4.07. The first-order chi connectivity index (χ1) is 13.2. The molecule has 4 rings (SSSR count). The Morgan fingerprint density at radius 2 is 2.04 bits per heavy atom.